The van der Waals surface area contributed by atoms with Crippen LogP contribution in [0.15, 0.2) is 35.4 Å². The highest BCUT2D eigenvalue weighted by molar-refractivity contribution is 7.99. The molecule has 1 aromatic carbocycles. The third-order valence-electron chi connectivity index (χ3n) is 3.94. The van der Waals surface area contributed by atoms with E-state index in [1.165, 1.54) is 11.8 Å². The van der Waals surface area contributed by atoms with E-state index in [0.29, 0.717) is 53.2 Å². The number of hydrogen-bond donors (Lipinski definition) is 1. The van der Waals surface area contributed by atoms with E-state index in [2.05, 4.69) is 23.3 Å². The smallest absolute Gasteiger partial charge is 0.225 e. The Bertz CT molecular complexity index is 864. The van der Waals surface area contributed by atoms with E-state index in [1.807, 2.05) is 6.07 Å². The van der Waals surface area contributed by atoms with Gasteiger partial charge in [0.2, 0.25) is 5.91 Å². The summed E-state index contributed by atoms with van der Waals surface area (Å²) in [6, 6.07) is 11.2. The van der Waals surface area contributed by atoms with Crippen LogP contribution in [0.3, 0.4) is 0 Å². The van der Waals surface area contributed by atoms with Crippen LogP contribution >= 0.6 is 11.8 Å². The number of amides is 1. The minimum atomic E-state index is -0.0950. The zero-order chi connectivity index (χ0) is 19.1. The van der Waals surface area contributed by atoms with Gasteiger partial charge in [0.05, 0.1) is 5.56 Å². The number of pyridine rings is 1. The van der Waals surface area contributed by atoms with Gasteiger partial charge in [-0.2, -0.15) is 5.26 Å². The monoisotopic (exact) mass is 383 g/mol. The molecule has 7 heteroatoms. The van der Waals surface area contributed by atoms with Gasteiger partial charge in [0.15, 0.2) is 11.5 Å². The average Bonchev–Trinajstić information content (AvgIpc) is 2.68. The fourth-order valence-corrected chi connectivity index (χ4v) is 3.59. The number of aryl methyl sites for hydroxylation is 1. The molecule has 2 aromatic rings. The van der Waals surface area contributed by atoms with Crippen LogP contribution in [0, 0.1) is 11.3 Å². The molecule has 1 amide bonds. The third-order valence-corrected chi connectivity index (χ3v) is 4.93. The second-order valence-electron chi connectivity index (χ2n) is 6.02. The largest absolute Gasteiger partial charge is 0.486 e. The van der Waals surface area contributed by atoms with Crippen molar-refractivity contribution in [2.24, 2.45) is 0 Å². The Balaban J connectivity index is 1.54. The van der Waals surface area contributed by atoms with Gasteiger partial charge in [0, 0.05) is 29.6 Å². The third kappa shape index (κ3) is 5.14. The molecular weight excluding hydrogens is 362 g/mol. The number of aromatic nitrogens is 1. The Morgan fingerprint density at radius 2 is 2.07 bits per heavy atom. The summed E-state index contributed by atoms with van der Waals surface area (Å²) in [5.74, 6) is 1.79. The van der Waals surface area contributed by atoms with Crippen LogP contribution in [-0.2, 0) is 11.2 Å². The molecular formula is C20H21N3O3S. The number of nitrogens with one attached hydrogen (secondary N) is 1. The van der Waals surface area contributed by atoms with Crippen LogP contribution in [0.25, 0.3) is 0 Å². The van der Waals surface area contributed by atoms with Crippen molar-refractivity contribution >= 4 is 23.4 Å². The highest BCUT2D eigenvalue weighted by atomic mass is 32.2. The number of ether oxygens (including phenoxy) is 2. The van der Waals surface area contributed by atoms with E-state index in [1.54, 1.807) is 24.3 Å². The summed E-state index contributed by atoms with van der Waals surface area (Å²) in [6.07, 6.45) is 2.20. The van der Waals surface area contributed by atoms with Crippen molar-refractivity contribution in [2.45, 2.75) is 31.2 Å². The molecule has 2 heterocycles. The summed E-state index contributed by atoms with van der Waals surface area (Å²) in [5, 5.41) is 12.8. The second-order valence-corrected chi connectivity index (χ2v) is 7.11. The summed E-state index contributed by atoms with van der Waals surface area (Å²) in [6.45, 7) is 3.13. The Morgan fingerprint density at radius 3 is 2.85 bits per heavy atom. The maximum atomic E-state index is 12.2. The van der Waals surface area contributed by atoms with E-state index in [4.69, 9.17) is 9.47 Å². The van der Waals surface area contributed by atoms with Gasteiger partial charge < -0.3 is 14.8 Å². The van der Waals surface area contributed by atoms with Crippen LogP contribution < -0.4 is 14.8 Å². The van der Waals surface area contributed by atoms with E-state index >= 15 is 0 Å². The van der Waals surface area contributed by atoms with Gasteiger partial charge in [-0.15, -0.1) is 11.8 Å². The molecule has 0 aliphatic carbocycles. The van der Waals surface area contributed by atoms with Gasteiger partial charge in [0.1, 0.15) is 24.3 Å². The van der Waals surface area contributed by atoms with Crippen molar-refractivity contribution < 1.29 is 14.3 Å². The molecule has 1 aliphatic heterocycles. The molecule has 0 bridgehead atoms. The van der Waals surface area contributed by atoms with Gasteiger partial charge in [-0.05, 0) is 30.7 Å². The molecule has 0 saturated heterocycles. The highest BCUT2D eigenvalue weighted by Gasteiger charge is 2.13. The van der Waals surface area contributed by atoms with Crippen LogP contribution in [0.5, 0.6) is 11.5 Å². The van der Waals surface area contributed by atoms with Crippen LogP contribution in [0.4, 0.5) is 5.69 Å². The van der Waals surface area contributed by atoms with E-state index < -0.39 is 0 Å². The Morgan fingerprint density at radius 1 is 1.26 bits per heavy atom. The van der Waals surface area contributed by atoms with Crippen LogP contribution in [-0.4, -0.2) is 29.9 Å². The number of anilines is 1. The van der Waals surface area contributed by atoms with E-state index in [-0.39, 0.29) is 5.91 Å². The normalized spacial score (nSPS) is 12.3. The number of carbonyl (C=O) groups excluding carboxylic acids is 1. The number of nitriles is 1. The van der Waals surface area contributed by atoms with Gasteiger partial charge in [-0.1, -0.05) is 13.3 Å². The molecule has 3 rings (SSSR count). The van der Waals surface area contributed by atoms with Crippen LogP contribution in [0.2, 0.25) is 0 Å². The lowest BCUT2D eigenvalue weighted by molar-refractivity contribution is -0.115. The predicted molar refractivity (Wildman–Crippen MR) is 104 cm³/mol. The van der Waals surface area contributed by atoms with Crippen molar-refractivity contribution in [1.82, 2.24) is 4.98 Å². The van der Waals surface area contributed by atoms with Crippen molar-refractivity contribution in [1.29, 1.82) is 5.26 Å². The molecule has 27 heavy (non-hydrogen) atoms. The first-order valence-electron chi connectivity index (χ1n) is 8.92. The maximum Gasteiger partial charge on any atom is 0.225 e. The quantitative estimate of drug-likeness (QED) is 0.732. The lowest BCUT2D eigenvalue weighted by Gasteiger charge is -2.19. The van der Waals surface area contributed by atoms with Gasteiger partial charge >= 0.3 is 0 Å². The lowest BCUT2D eigenvalue weighted by atomic mass is 10.2. The number of benzene rings is 1. The molecule has 0 unspecified atom stereocenters. The number of thioether (sulfide) groups is 1. The Hall–Kier alpha value is -2.72. The number of carbonyl (C=O) groups is 1. The van der Waals surface area contributed by atoms with E-state index in [0.717, 1.165) is 18.5 Å². The first kappa shape index (κ1) is 19.1. The average molecular weight is 383 g/mol. The molecule has 0 spiro atoms. The summed E-state index contributed by atoms with van der Waals surface area (Å²) < 4.78 is 11.0. The summed E-state index contributed by atoms with van der Waals surface area (Å²) in [5.41, 5.74) is 2.20. The standard InChI is InChI=1S/C20H21N3O3S/c1-2-3-15-5-4-14(13-21)20(23-15)27-11-8-19(24)22-16-6-7-17-18(12-16)26-10-9-25-17/h4-7,12H,2-3,8-11H2,1H3,(H,22,24). The fourth-order valence-electron chi connectivity index (χ4n) is 2.65. The van der Waals surface area contributed by atoms with Crippen molar-refractivity contribution in [2.75, 3.05) is 24.3 Å². The topological polar surface area (TPSA) is 84.2 Å². The Kier molecular flexibility index (Phi) is 6.55. The number of nitrogens with zero attached hydrogens (tertiary/aromatic N) is 2. The maximum absolute atomic E-state index is 12.2. The number of fused-ring (bicyclic) bond motifs is 1. The van der Waals surface area contributed by atoms with Gasteiger partial charge in [-0.25, -0.2) is 4.98 Å². The first-order valence-corrected chi connectivity index (χ1v) is 9.90. The van der Waals surface area contributed by atoms with Crippen LogP contribution in [0.1, 0.15) is 31.0 Å². The van der Waals surface area contributed by atoms with Crippen molar-refractivity contribution in [3.63, 3.8) is 0 Å². The first-order chi connectivity index (χ1) is 13.2. The summed E-state index contributed by atoms with van der Waals surface area (Å²) >= 11 is 1.43. The lowest BCUT2D eigenvalue weighted by Crippen LogP contribution is -2.16. The minimum absolute atomic E-state index is 0.0950. The van der Waals surface area contributed by atoms with Gasteiger partial charge in [-0.3, -0.25) is 4.79 Å². The molecule has 1 N–H and O–H groups in total. The molecule has 140 valence electrons. The summed E-state index contributed by atoms with van der Waals surface area (Å²) in [7, 11) is 0. The zero-order valence-electron chi connectivity index (χ0n) is 15.2. The highest BCUT2D eigenvalue weighted by Crippen LogP contribution is 2.32. The number of hydrogen-bond acceptors (Lipinski definition) is 6. The van der Waals surface area contributed by atoms with Gasteiger partial charge in [0.25, 0.3) is 0 Å². The molecule has 0 atom stereocenters. The van der Waals surface area contributed by atoms with Crippen molar-refractivity contribution in [3.05, 3.63) is 41.6 Å². The zero-order valence-corrected chi connectivity index (χ0v) is 16.0. The molecule has 0 fully saturated rings. The fraction of sp³-hybridized carbons (Fsp3) is 0.350. The van der Waals surface area contributed by atoms with Crippen molar-refractivity contribution in [3.8, 4) is 17.6 Å². The predicted octanol–water partition coefficient (Wildman–Crippen LogP) is 3.80. The SMILES string of the molecule is CCCc1ccc(C#N)c(SCCC(=O)Nc2ccc3c(c2)OCCO3)n1. The molecule has 1 aliphatic rings. The number of rotatable bonds is 7. The minimum Gasteiger partial charge on any atom is -0.486 e. The molecule has 0 saturated carbocycles. The molecule has 0 radical (unpaired) electrons. The summed E-state index contributed by atoms with van der Waals surface area (Å²) in [4.78, 5) is 16.8. The molecule has 6 nitrogen and oxygen atoms in total. The Labute approximate surface area is 162 Å². The molecule has 1 aromatic heterocycles. The van der Waals surface area contributed by atoms with E-state index in [9.17, 15) is 10.1 Å². The second kappa shape index (κ2) is 9.28.